The molecule has 1 aromatic carbocycles. The van der Waals surface area contributed by atoms with Crippen LogP contribution >= 0.6 is 0 Å². The number of hydrogen-bond acceptors (Lipinski definition) is 3. The molecule has 2 aliphatic heterocycles. The van der Waals surface area contributed by atoms with Gasteiger partial charge in [-0.15, -0.1) is 0 Å². The number of ketones is 1. The summed E-state index contributed by atoms with van der Waals surface area (Å²) in [5, 5.41) is 0. The average Bonchev–Trinajstić information content (AvgIpc) is 3.38. The van der Waals surface area contributed by atoms with E-state index in [1.54, 1.807) is 12.1 Å². The molecule has 124 valence electrons. The van der Waals surface area contributed by atoms with Gasteiger partial charge < -0.3 is 4.90 Å². The lowest BCUT2D eigenvalue weighted by Gasteiger charge is -2.46. The van der Waals surface area contributed by atoms with Crippen LogP contribution in [0.3, 0.4) is 0 Å². The first-order valence-electron chi connectivity index (χ1n) is 8.95. The van der Waals surface area contributed by atoms with Crippen LogP contribution in [-0.4, -0.2) is 54.3 Å². The highest BCUT2D eigenvalue weighted by Gasteiger charge is 2.36. The van der Waals surface area contributed by atoms with E-state index in [1.807, 2.05) is 0 Å². The first-order valence-corrected chi connectivity index (χ1v) is 8.95. The van der Waals surface area contributed by atoms with Crippen LogP contribution in [0.1, 0.15) is 36.0 Å². The largest absolute Gasteiger partial charge is 0.300 e. The van der Waals surface area contributed by atoms with E-state index in [2.05, 4.69) is 9.80 Å². The van der Waals surface area contributed by atoms with Crippen LogP contribution in [0.4, 0.5) is 4.39 Å². The van der Waals surface area contributed by atoms with Crippen LogP contribution in [0.25, 0.3) is 0 Å². The fraction of sp³-hybridized carbons (Fsp3) is 0.632. The molecule has 4 rings (SSSR count). The first-order chi connectivity index (χ1) is 11.2. The van der Waals surface area contributed by atoms with E-state index < -0.39 is 0 Å². The zero-order valence-electron chi connectivity index (χ0n) is 13.6. The quantitative estimate of drug-likeness (QED) is 0.798. The van der Waals surface area contributed by atoms with E-state index in [-0.39, 0.29) is 17.5 Å². The number of carbonyl (C=O) groups is 1. The highest BCUT2D eigenvalue weighted by molar-refractivity contribution is 5.98. The maximum absolute atomic E-state index is 13.0. The second kappa shape index (κ2) is 6.33. The monoisotopic (exact) mass is 316 g/mol. The molecule has 0 aromatic heterocycles. The van der Waals surface area contributed by atoms with Gasteiger partial charge in [-0.1, -0.05) is 0 Å². The minimum atomic E-state index is -0.281. The molecule has 3 fully saturated rings. The number of benzene rings is 1. The molecular weight excluding hydrogens is 291 g/mol. The Morgan fingerprint density at radius 1 is 1.04 bits per heavy atom. The van der Waals surface area contributed by atoms with Crippen molar-refractivity contribution >= 4 is 5.78 Å². The van der Waals surface area contributed by atoms with Gasteiger partial charge in [-0.2, -0.15) is 0 Å². The molecule has 1 aliphatic carbocycles. The van der Waals surface area contributed by atoms with Crippen molar-refractivity contribution in [2.24, 2.45) is 11.8 Å². The summed E-state index contributed by atoms with van der Waals surface area (Å²) in [6, 6.07) is 6.64. The number of Topliss-reactive ketones (excluding diaryl/α,β-unsaturated/α-hetero) is 1. The molecule has 0 N–H and O–H groups in total. The Kier molecular flexibility index (Phi) is 4.20. The molecule has 0 bridgehead atoms. The van der Waals surface area contributed by atoms with E-state index in [4.69, 9.17) is 0 Å². The van der Waals surface area contributed by atoms with Crippen LogP contribution in [0.5, 0.6) is 0 Å². The topological polar surface area (TPSA) is 23.6 Å². The van der Waals surface area contributed by atoms with E-state index in [0.29, 0.717) is 11.6 Å². The Hall–Kier alpha value is -1.26. The van der Waals surface area contributed by atoms with Crippen molar-refractivity contribution in [3.63, 3.8) is 0 Å². The summed E-state index contributed by atoms with van der Waals surface area (Å²) in [6.45, 7) is 5.56. The van der Waals surface area contributed by atoms with Gasteiger partial charge in [0.2, 0.25) is 0 Å². The summed E-state index contributed by atoms with van der Waals surface area (Å²) in [6.07, 6.45) is 4.91. The summed E-state index contributed by atoms with van der Waals surface area (Å²) in [7, 11) is 0. The van der Waals surface area contributed by atoms with Crippen LogP contribution in [0.2, 0.25) is 0 Å². The molecule has 0 unspecified atom stereocenters. The Balaban J connectivity index is 1.35. The molecule has 2 atom stereocenters. The lowest BCUT2D eigenvalue weighted by atomic mass is 9.86. The average molecular weight is 316 g/mol. The maximum Gasteiger partial charge on any atom is 0.167 e. The second-order valence-electron chi connectivity index (χ2n) is 7.50. The van der Waals surface area contributed by atoms with Crippen molar-refractivity contribution in [3.05, 3.63) is 35.6 Å². The summed E-state index contributed by atoms with van der Waals surface area (Å²) in [5.41, 5.74) is 0.655. The van der Waals surface area contributed by atoms with Crippen molar-refractivity contribution < 1.29 is 9.18 Å². The minimum absolute atomic E-state index is 0.0756. The third-order valence-corrected chi connectivity index (χ3v) is 5.70. The zero-order valence-corrected chi connectivity index (χ0v) is 13.6. The SMILES string of the molecule is O=C(c1ccc(F)cc1)[C@@H]1CC[C@@H]2CN(CC3CC3)CCN2C1. The van der Waals surface area contributed by atoms with E-state index in [9.17, 15) is 9.18 Å². The molecular formula is C19H25FN2O. The molecule has 23 heavy (non-hydrogen) atoms. The molecule has 3 aliphatic rings. The van der Waals surface area contributed by atoms with Crippen LogP contribution in [0.15, 0.2) is 24.3 Å². The van der Waals surface area contributed by atoms with Crippen molar-refractivity contribution in [3.8, 4) is 0 Å². The number of rotatable bonds is 4. The van der Waals surface area contributed by atoms with Gasteiger partial charge >= 0.3 is 0 Å². The third kappa shape index (κ3) is 3.48. The van der Waals surface area contributed by atoms with Crippen molar-refractivity contribution in [2.45, 2.75) is 31.7 Å². The number of nitrogens with zero attached hydrogens (tertiary/aromatic N) is 2. The van der Waals surface area contributed by atoms with Crippen molar-refractivity contribution in [1.82, 2.24) is 9.80 Å². The van der Waals surface area contributed by atoms with E-state index in [1.165, 1.54) is 38.1 Å². The Bertz CT molecular complexity index is 569. The highest BCUT2D eigenvalue weighted by Crippen LogP contribution is 2.32. The molecule has 2 saturated heterocycles. The molecule has 1 saturated carbocycles. The smallest absolute Gasteiger partial charge is 0.167 e. The predicted octanol–water partition coefficient (Wildman–Crippen LogP) is 2.81. The third-order valence-electron chi connectivity index (χ3n) is 5.70. The van der Waals surface area contributed by atoms with Gasteiger partial charge in [0.15, 0.2) is 5.78 Å². The summed E-state index contributed by atoms with van der Waals surface area (Å²) >= 11 is 0. The fourth-order valence-electron chi connectivity index (χ4n) is 4.13. The lowest BCUT2D eigenvalue weighted by molar-refractivity contribution is 0.0261. The van der Waals surface area contributed by atoms with Gasteiger partial charge in [0, 0.05) is 50.2 Å². The molecule has 1 aromatic rings. The molecule has 0 amide bonds. The summed E-state index contributed by atoms with van der Waals surface area (Å²) < 4.78 is 13.0. The standard InChI is InChI=1S/C19H25FN2O/c20-17-6-3-15(4-7-17)19(23)16-5-8-18-13-21(11-14-1-2-14)9-10-22(18)12-16/h3-4,6-7,14,16,18H,1-2,5,8-13H2/t16-,18-/m1/s1. The number of fused-ring (bicyclic) bond motifs is 1. The Morgan fingerprint density at radius 3 is 2.57 bits per heavy atom. The van der Waals surface area contributed by atoms with Gasteiger partial charge in [-0.25, -0.2) is 4.39 Å². The number of halogens is 1. The molecule has 0 radical (unpaired) electrons. The predicted molar refractivity (Wildman–Crippen MR) is 88.0 cm³/mol. The van der Waals surface area contributed by atoms with Crippen LogP contribution in [-0.2, 0) is 0 Å². The molecule has 4 heteroatoms. The van der Waals surface area contributed by atoms with E-state index in [0.717, 1.165) is 38.4 Å². The van der Waals surface area contributed by atoms with Gasteiger partial charge in [0.25, 0.3) is 0 Å². The van der Waals surface area contributed by atoms with Gasteiger partial charge in [-0.3, -0.25) is 9.69 Å². The fourth-order valence-corrected chi connectivity index (χ4v) is 4.13. The number of piperazine rings is 1. The maximum atomic E-state index is 13.0. The number of hydrogen-bond donors (Lipinski definition) is 0. The second-order valence-corrected chi connectivity index (χ2v) is 7.50. The van der Waals surface area contributed by atoms with Gasteiger partial charge in [0.1, 0.15) is 5.82 Å². The van der Waals surface area contributed by atoms with Crippen molar-refractivity contribution in [1.29, 1.82) is 0 Å². The lowest BCUT2D eigenvalue weighted by Crippen LogP contribution is -2.57. The molecule has 2 heterocycles. The van der Waals surface area contributed by atoms with Crippen LogP contribution in [0, 0.1) is 17.7 Å². The molecule has 3 nitrogen and oxygen atoms in total. The Morgan fingerprint density at radius 2 is 1.83 bits per heavy atom. The molecule has 0 spiro atoms. The van der Waals surface area contributed by atoms with Gasteiger partial charge in [0.05, 0.1) is 0 Å². The minimum Gasteiger partial charge on any atom is -0.300 e. The summed E-state index contributed by atoms with van der Waals surface area (Å²) in [4.78, 5) is 17.8. The van der Waals surface area contributed by atoms with Gasteiger partial charge in [-0.05, 0) is 55.9 Å². The van der Waals surface area contributed by atoms with Crippen LogP contribution < -0.4 is 0 Å². The number of carbonyl (C=O) groups excluding carboxylic acids is 1. The number of piperidine rings is 1. The Labute approximate surface area is 137 Å². The van der Waals surface area contributed by atoms with E-state index >= 15 is 0 Å². The highest BCUT2D eigenvalue weighted by atomic mass is 19.1. The first kappa shape index (κ1) is 15.3. The van der Waals surface area contributed by atoms with Crippen molar-refractivity contribution in [2.75, 3.05) is 32.7 Å². The normalized spacial score (nSPS) is 29.3. The summed E-state index contributed by atoms with van der Waals surface area (Å²) in [5.74, 6) is 0.936. The zero-order chi connectivity index (χ0) is 15.8.